The van der Waals surface area contributed by atoms with Crippen LogP contribution in [0.1, 0.15) is 72.9 Å². The van der Waals surface area contributed by atoms with Crippen molar-refractivity contribution < 1.29 is 32.2 Å². The van der Waals surface area contributed by atoms with Crippen LogP contribution in [0.4, 0.5) is 19.0 Å². The van der Waals surface area contributed by atoms with Gasteiger partial charge in [-0.1, -0.05) is 35.9 Å². The second-order valence-corrected chi connectivity index (χ2v) is 14.6. The fraction of sp³-hybridized carbons (Fsp3) is 0.425. The zero-order valence-electron chi connectivity index (χ0n) is 31.4. The van der Waals surface area contributed by atoms with Crippen LogP contribution in [0.15, 0.2) is 48.7 Å². The quantitative estimate of drug-likeness (QED) is 0.127. The number of alkyl halides is 3. The normalized spacial score (nSPS) is 18.5. The summed E-state index contributed by atoms with van der Waals surface area (Å²) in [5.41, 5.74) is 4.54. The van der Waals surface area contributed by atoms with Crippen LogP contribution >= 0.6 is 11.6 Å². The summed E-state index contributed by atoms with van der Waals surface area (Å²) in [7, 11) is 2.94. The molecule has 12 nitrogen and oxygen atoms in total. The van der Waals surface area contributed by atoms with E-state index in [2.05, 4.69) is 31.2 Å². The Hall–Kier alpha value is -4.99. The Morgan fingerprint density at radius 1 is 0.946 bits per heavy atom. The predicted molar refractivity (Wildman–Crippen MR) is 205 cm³/mol. The van der Waals surface area contributed by atoms with Crippen LogP contribution in [-0.4, -0.2) is 71.2 Å². The minimum Gasteiger partial charge on any atom is -0.481 e. The lowest BCUT2D eigenvalue weighted by atomic mass is 9.98. The van der Waals surface area contributed by atoms with Crippen molar-refractivity contribution in [2.24, 2.45) is 0 Å². The Labute approximate surface area is 327 Å². The number of pyridine rings is 3. The summed E-state index contributed by atoms with van der Waals surface area (Å²) in [4.78, 5) is 38.9. The van der Waals surface area contributed by atoms with Gasteiger partial charge in [0, 0.05) is 74.0 Å². The van der Waals surface area contributed by atoms with E-state index >= 15 is 0 Å². The highest BCUT2D eigenvalue weighted by atomic mass is 35.5. The van der Waals surface area contributed by atoms with Gasteiger partial charge < -0.3 is 30.3 Å². The first-order valence-electron chi connectivity index (χ1n) is 18.7. The number of carbonyl (C=O) groups excluding carboxylic acids is 2. The van der Waals surface area contributed by atoms with Crippen molar-refractivity contribution in [3.8, 4) is 34.3 Å². The van der Waals surface area contributed by atoms with Gasteiger partial charge in [-0.3, -0.25) is 19.9 Å². The third kappa shape index (κ3) is 8.39. The molecular formula is C40H44ClF3N8O4. The number of anilines is 1. The van der Waals surface area contributed by atoms with E-state index in [9.17, 15) is 22.8 Å². The Bertz CT molecular complexity index is 2110. The van der Waals surface area contributed by atoms with Crippen molar-refractivity contribution in [3.05, 3.63) is 81.5 Å². The number of hydrogen-bond donors (Lipinski definition) is 4. The fourth-order valence-electron chi connectivity index (χ4n) is 7.77. The molecule has 1 aliphatic carbocycles. The van der Waals surface area contributed by atoms with Crippen molar-refractivity contribution in [2.75, 3.05) is 32.6 Å². The first kappa shape index (κ1) is 39.3. The highest BCUT2D eigenvalue weighted by Crippen LogP contribution is 2.44. The SMILES string of the molecule is COc1nc(-c2ccnc(-c3cccc4c3CC[C@@H]4Nc3nc(OC)c(CN[C@@H]4CCC(=O)N4)cc3C(F)(F)F)c2Cl)ccc1CNC1CCN(C(C)=O)CC1. The lowest BCUT2D eigenvalue weighted by Crippen LogP contribution is -2.44. The van der Waals surface area contributed by atoms with E-state index in [0.717, 1.165) is 54.3 Å². The van der Waals surface area contributed by atoms with Gasteiger partial charge in [0.2, 0.25) is 23.6 Å². The number of carbonyl (C=O) groups is 2. The fourth-order valence-corrected chi connectivity index (χ4v) is 8.08. The van der Waals surface area contributed by atoms with E-state index in [-0.39, 0.29) is 47.8 Å². The van der Waals surface area contributed by atoms with Crippen LogP contribution in [0, 0.1) is 0 Å². The molecule has 4 aromatic rings. The van der Waals surface area contributed by atoms with Crippen LogP contribution in [0.5, 0.6) is 11.8 Å². The van der Waals surface area contributed by atoms with Gasteiger partial charge in [0.1, 0.15) is 5.82 Å². The number of amides is 2. The number of hydrogen-bond acceptors (Lipinski definition) is 10. The first-order chi connectivity index (χ1) is 26.9. The van der Waals surface area contributed by atoms with Crippen molar-refractivity contribution in [1.82, 2.24) is 35.8 Å². The Kier molecular flexibility index (Phi) is 11.7. The predicted octanol–water partition coefficient (Wildman–Crippen LogP) is 6.42. The molecule has 4 N–H and O–H groups in total. The molecule has 7 rings (SSSR count). The van der Waals surface area contributed by atoms with Gasteiger partial charge in [0.05, 0.1) is 48.4 Å². The van der Waals surface area contributed by atoms with Crippen LogP contribution in [-0.2, 0) is 35.3 Å². The third-order valence-corrected chi connectivity index (χ3v) is 11.1. The van der Waals surface area contributed by atoms with Crippen LogP contribution in [0.2, 0.25) is 5.02 Å². The largest absolute Gasteiger partial charge is 0.481 e. The number of halogens is 4. The maximum absolute atomic E-state index is 14.5. The standard InChI is InChI=1S/C40H44ClF3N8O4/c1-22(53)52-17-14-25(15-18-52)46-20-23-7-9-32(49-38(23)55-2)29-13-16-45-36(35(29)41)28-6-4-5-27-26(28)8-10-31(27)48-37-30(40(42,43)44)19-24(39(51-37)56-3)21-47-33-11-12-34(54)50-33/h4-7,9,13,16,19,25,31,33,46-47H,8,10-12,14-15,17-18,20-21H2,1-3H3,(H,48,51)(H,50,54)/t31-,33-/m0/s1. The second kappa shape index (κ2) is 16.6. The summed E-state index contributed by atoms with van der Waals surface area (Å²) in [6.07, 6.45) is 0.356. The molecule has 0 saturated carbocycles. The second-order valence-electron chi connectivity index (χ2n) is 14.2. The van der Waals surface area contributed by atoms with Gasteiger partial charge in [-0.15, -0.1) is 0 Å². The molecule has 2 aliphatic heterocycles. The topological polar surface area (TPSA) is 143 Å². The number of likely N-dealkylation sites (tertiary alicyclic amines) is 1. The van der Waals surface area contributed by atoms with Gasteiger partial charge in [-0.25, -0.2) is 4.98 Å². The first-order valence-corrected chi connectivity index (χ1v) is 19.1. The lowest BCUT2D eigenvalue weighted by Gasteiger charge is -2.31. The molecule has 1 aromatic carbocycles. The average molecular weight is 793 g/mol. The molecule has 2 amide bonds. The average Bonchev–Trinajstić information content (AvgIpc) is 3.81. The van der Waals surface area contributed by atoms with Crippen molar-refractivity contribution in [1.29, 1.82) is 0 Å². The molecule has 56 heavy (non-hydrogen) atoms. The van der Waals surface area contributed by atoms with E-state index in [4.69, 9.17) is 26.1 Å². The molecule has 0 spiro atoms. The van der Waals surface area contributed by atoms with Crippen molar-refractivity contribution >= 4 is 29.2 Å². The Morgan fingerprint density at radius 3 is 2.39 bits per heavy atom. The maximum Gasteiger partial charge on any atom is 0.419 e. The van der Waals surface area contributed by atoms with Gasteiger partial charge in [0.15, 0.2) is 0 Å². The minimum atomic E-state index is -4.69. The molecule has 3 aromatic heterocycles. The highest BCUT2D eigenvalue weighted by Gasteiger charge is 2.38. The minimum absolute atomic E-state index is 0.0279. The number of piperidine rings is 1. The van der Waals surface area contributed by atoms with Crippen LogP contribution in [0.25, 0.3) is 22.5 Å². The number of ether oxygens (including phenoxy) is 2. The number of nitrogens with one attached hydrogen (secondary N) is 4. The van der Waals surface area contributed by atoms with Crippen molar-refractivity contribution in [2.45, 2.75) is 83.0 Å². The summed E-state index contributed by atoms with van der Waals surface area (Å²) in [6.45, 7) is 3.64. The Morgan fingerprint density at radius 2 is 1.70 bits per heavy atom. The molecule has 0 radical (unpaired) electrons. The van der Waals surface area contributed by atoms with Crippen molar-refractivity contribution in [3.63, 3.8) is 0 Å². The van der Waals surface area contributed by atoms with E-state index in [1.807, 2.05) is 35.2 Å². The maximum atomic E-state index is 14.5. The smallest absolute Gasteiger partial charge is 0.419 e. The molecular weight excluding hydrogens is 749 g/mol. The summed E-state index contributed by atoms with van der Waals surface area (Å²) in [5, 5.41) is 12.9. The van der Waals surface area contributed by atoms with E-state index < -0.39 is 17.8 Å². The molecule has 296 valence electrons. The zero-order valence-corrected chi connectivity index (χ0v) is 32.1. The molecule has 16 heteroatoms. The number of methoxy groups -OCH3 is 2. The van der Waals surface area contributed by atoms with E-state index in [1.54, 1.807) is 26.3 Å². The lowest BCUT2D eigenvalue weighted by molar-refractivity contribution is -0.137. The van der Waals surface area contributed by atoms with Gasteiger partial charge >= 0.3 is 6.18 Å². The molecule has 2 saturated heterocycles. The molecule has 0 bridgehead atoms. The molecule has 5 heterocycles. The summed E-state index contributed by atoms with van der Waals surface area (Å²) < 4.78 is 54.6. The Balaban J connectivity index is 1.11. The van der Waals surface area contributed by atoms with E-state index in [0.29, 0.717) is 60.1 Å². The van der Waals surface area contributed by atoms with Gasteiger partial charge in [0.25, 0.3) is 0 Å². The molecule has 0 unspecified atom stereocenters. The zero-order chi connectivity index (χ0) is 39.6. The summed E-state index contributed by atoms with van der Waals surface area (Å²) >= 11 is 7.10. The molecule has 2 fully saturated rings. The monoisotopic (exact) mass is 792 g/mol. The molecule has 2 atom stereocenters. The third-order valence-electron chi connectivity index (χ3n) is 10.8. The summed E-state index contributed by atoms with van der Waals surface area (Å²) in [6, 6.07) is 12.2. The van der Waals surface area contributed by atoms with E-state index in [1.165, 1.54) is 7.11 Å². The van der Waals surface area contributed by atoms with Gasteiger partial charge in [-0.05, 0) is 61.4 Å². The number of fused-ring (bicyclic) bond motifs is 1. The van der Waals surface area contributed by atoms with Gasteiger partial charge in [-0.2, -0.15) is 18.2 Å². The van der Waals surface area contributed by atoms with Crippen LogP contribution < -0.4 is 30.7 Å². The number of aromatic nitrogens is 3. The number of nitrogens with zero attached hydrogens (tertiary/aromatic N) is 4. The number of rotatable bonds is 12. The highest BCUT2D eigenvalue weighted by molar-refractivity contribution is 6.35. The number of benzene rings is 1. The summed E-state index contributed by atoms with van der Waals surface area (Å²) in [5.74, 6) is 0.184. The molecule has 3 aliphatic rings. The van der Waals surface area contributed by atoms with Crippen LogP contribution in [0.3, 0.4) is 0 Å².